The Kier molecular flexibility index (Phi) is 7.66. The highest BCUT2D eigenvalue weighted by Crippen LogP contribution is 2.37. The van der Waals surface area contributed by atoms with Gasteiger partial charge in [-0.25, -0.2) is 14.2 Å². The summed E-state index contributed by atoms with van der Waals surface area (Å²) in [5.74, 6) is 0. The molecule has 31 heavy (non-hydrogen) atoms. The Hall–Kier alpha value is -1.84. The number of ether oxygens (including phenoxy) is 1. The van der Waals surface area contributed by atoms with Crippen LogP contribution in [0.3, 0.4) is 0 Å². The van der Waals surface area contributed by atoms with Gasteiger partial charge in [0.25, 0.3) is 0 Å². The smallest absolute Gasteiger partial charge is 0.414 e. The van der Waals surface area contributed by atoms with Gasteiger partial charge in [-0.05, 0) is 57.1 Å². The zero-order valence-corrected chi connectivity index (χ0v) is 21.4. The number of hydrogen-bond acceptors (Lipinski definition) is 6. The van der Waals surface area contributed by atoms with Crippen LogP contribution in [0.2, 0.25) is 18.1 Å². The number of anilines is 1. The van der Waals surface area contributed by atoms with Crippen molar-refractivity contribution in [3.63, 3.8) is 0 Å². The third-order valence-corrected chi connectivity index (χ3v) is 10.7. The van der Waals surface area contributed by atoms with Gasteiger partial charge in [-0.15, -0.1) is 11.3 Å². The van der Waals surface area contributed by atoms with E-state index >= 15 is 0 Å². The van der Waals surface area contributed by atoms with Crippen LogP contribution in [0.1, 0.15) is 51.3 Å². The van der Waals surface area contributed by atoms with Crippen LogP contribution in [-0.4, -0.2) is 50.6 Å². The maximum Gasteiger partial charge on any atom is 0.414 e. The number of thiazole rings is 1. The van der Waals surface area contributed by atoms with Crippen molar-refractivity contribution in [2.45, 2.75) is 71.4 Å². The van der Waals surface area contributed by atoms with Crippen LogP contribution in [-0.2, 0) is 9.16 Å². The van der Waals surface area contributed by atoms with Crippen molar-refractivity contribution >= 4 is 47.9 Å². The number of rotatable bonds is 7. The van der Waals surface area contributed by atoms with E-state index in [0.717, 1.165) is 4.70 Å². The molecule has 1 aromatic carbocycles. The molecular weight excluding hydrogens is 435 g/mol. The lowest BCUT2D eigenvalue weighted by molar-refractivity contribution is 0.0552. The fourth-order valence-electron chi connectivity index (χ4n) is 2.67. The number of benzene rings is 1. The van der Waals surface area contributed by atoms with E-state index in [0.29, 0.717) is 22.5 Å². The molecule has 2 aromatic rings. The molecule has 172 valence electrons. The van der Waals surface area contributed by atoms with Gasteiger partial charge >= 0.3 is 6.09 Å². The third kappa shape index (κ3) is 6.57. The molecule has 0 bridgehead atoms. The third-order valence-electron chi connectivity index (χ3n) is 5.24. The number of nitrogens with zero attached hydrogens (tertiary/aromatic N) is 2. The lowest BCUT2D eigenvalue weighted by Crippen LogP contribution is -2.49. The van der Waals surface area contributed by atoms with E-state index in [-0.39, 0.29) is 11.6 Å². The number of carbonyl (C=O) groups is 2. The Bertz CT molecular complexity index is 934. The van der Waals surface area contributed by atoms with Gasteiger partial charge in [0.1, 0.15) is 12.3 Å². The highest BCUT2D eigenvalue weighted by Gasteiger charge is 2.40. The Balaban J connectivity index is 2.40. The van der Waals surface area contributed by atoms with Crippen molar-refractivity contribution in [1.29, 1.82) is 0 Å². The second kappa shape index (κ2) is 9.34. The van der Waals surface area contributed by atoms with Crippen LogP contribution < -0.4 is 4.90 Å². The van der Waals surface area contributed by atoms with Gasteiger partial charge in [-0.2, -0.15) is 0 Å². The second-order valence-electron chi connectivity index (χ2n) is 10.1. The Morgan fingerprint density at radius 2 is 1.90 bits per heavy atom. The molecule has 0 aliphatic heterocycles. The van der Waals surface area contributed by atoms with Gasteiger partial charge in [-0.3, -0.25) is 9.69 Å². The predicted octanol–water partition coefficient (Wildman–Crippen LogP) is 6.21. The molecular formula is C22H33FN2O4SSi. The minimum absolute atomic E-state index is 0.0166. The maximum atomic E-state index is 14.0. The number of aromatic nitrogens is 1. The zero-order chi connectivity index (χ0) is 23.6. The molecule has 9 heteroatoms. The van der Waals surface area contributed by atoms with Gasteiger partial charge in [-0.1, -0.05) is 20.8 Å². The van der Waals surface area contributed by atoms with Crippen LogP contribution in [0.25, 0.3) is 10.2 Å². The van der Waals surface area contributed by atoms with Crippen molar-refractivity contribution in [2.75, 3.05) is 18.1 Å². The number of hydrogen-bond donors (Lipinski definition) is 0. The van der Waals surface area contributed by atoms with Crippen molar-refractivity contribution in [3.8, 4) is 0 Å². The van der Waals surface area contributed by atoms with Crippen LogP contribution in [0, 0.1) is 0 Å². The Morgan fingerprint density at radius 3 is 2.42 bits per heavy atom. The average Bonchev–Trinajstić information content (AvgIpc) is 3.04. The highest BCUT2D eigenvalue weighted by atomic mass is 32.1. The fraction of sp³-hybridized carbons (Fsp3) is 0.591. The molecule has 1 heterocycles. The molecule has 1 amide bonds. The number of fused-ring (bicyclic) bond motifs is 1. The first-order chi connectivity index (χ1) is 14.2. The normalized spacial score (nSPS) is 13.8. The summed E-state index contributed by atoms with van der Waals surface area (Å²) in [6.07, 6.45) is -0.664. The average molecular weight is 469 g/mol. The lowest BCUT2D eigenvalue weighted by Gasteiger charge is -2.40. The lowest BCUT2D eigenvalue weighted by atomic mass is 10.2. The highest BCUT2D eigenvalue weighted by molar-refractivity contribution is 7.20. The standard InChI is InChI=1S/C22H33FN2O4SSi/c1-21(2,3)28-20(27)25(13-16(12-23)29-31(7,8)22(4,5)6)15-9-10-17-18(11-15)30-19(14-26)24-17/h9-11,14,16H,12-13H2,1-8H3. The molecule has 1 aromatic heterocycles. The number of carbonyl (C=O) groups excluding carboxylic acids is 2. The van der Waals surface area contributed by atoms with Gasteiger partial charge in [0.15, 0.2) is 19.6 Å². The Labute approximate surface area is 188 Å². The molecule has 0 fully saturated rings. The predicted molar refractivity (Wildman–Crippen MR) is 127 cm³/mol. The second-order valence-corrected chi connectivity index (χ2v) is 15.9. The van der Waals surface area contributed by atoms with Gasteiger partial charge in [0.05, 0.1) is 22.9 Å². The first kappa shape index (κ1) is 25.4. The summed E-state index contributed by atoms with van der Waals surface area (Å²) < 4.78 is 26.6. The van der Waals surface area contributed by atoms with E-state index in [1.807, 2.05) is 0 Å². The quantitative estimate of drug-likeness (QED) is 0.357. The Morgan fingerprint density at radius 1 is 1.26 bits per heavy atom. The molecule has 1 unspecified atom stereocenters. The van der Waals surface area contributed by atoms with Crippen LogP contribution in [0.15, 0.2) is 18.2 Å². The van der Waals surface area contributed by atoms with Crippen molar-refractivity contribution in [3.05, 3.63) is 23.2 Å². The summed E-state index contributed by atoms with van der Waals surface area (Å²) in [5, 5.41) is 0.267. The van der Waals surface area contributed by atoms with Gasteiger partial charge in [0, 0.05) is 5.69 Å². The van der Waals surface area contributed by atoms with E-state index in [1.165, 1.54) is 16.2 Å². The minimum atomic E-state index is -2.25. The summed E-state index contributed by atoms with van der Waals surface area (Å²) in [5.41, 5.74) is 0.500. The maximum absolute atomic E-state index is 14.0. The molecule has 0 saturated carbocycles. The molecule has 1 atom stereocenters. The number of amides is 1. The largest absolute Gasteiger partial charge is 0.443 e. The summed E-state index contributed by atoms with van der Waals surface area (Å²) in [7, 11) is -2.25. The molecule has 0 radical (unpaired) electrons. The van der Waals surface area contributed by atoms with Gasteiger partial charge in [0.2, 0.25) is 0 Å². The van der Waals surface area contributed by atoms with Crippen LogP contribution >= 0.6 is 11.3 Å². The monoisotopic (exact) mass is 468 g/mol. The van der Waals surface area contributed by atoms with Crippen LogP contribution in [0.4, 0.5) is 14.9 Å². The first-order valence-electron chi connectivity index (χ1n) is 10.3. The van der Waals surface area contributed by atoms with Gasteiger partial charge < -0.3 is 9.16 Å². The first-order valence-corrected chi connectivity index (χ1v) is 14.0. The van der Waals surface area contributed by atoms with Crippen molar-refractivity contribution in [2.24, 2.45) is 0 Å². The summed E-state index contributed by atoms with van der Waals surface area (Å²) in [6, 6.07) is 5.23. The summed E-state index contributed by atoms with van der Waals surface area (Å²) in [4.78, 5) is 29.7. The number of halogens is 1. The molecule has 6 nitrogen and oxygen atoms in total. The molecule has 0 saturated heterocycles. The van der Waals surface area contributed by atoms with Crippen LogP contribution in [0.5, 0.6) is 0 Å². The van der Waals surface area contributed by atoms with Crippen molar-refractivity contribution < 1.29 is 23.1 Å². The number of aldehydes is 1. The molecule has 0 aliphatic rings. The number of alkyl halides is 1. The molecule has 0 aliphatic carbocycles. The summed E-state index contributed by atoms with van der Waals surface area (Å²) >= 11 is 1.24. The molecule has 2 rings (SSSR count). The van der Waals surface area contributed by atoms with E-state index < -0.39 is 32.8 Å². The SMILES string of the molecule is CC(C)(C)OC(=O)N(CC(CF)O[Si](C)(C)C(C)(C)C)c1ccc2nc(C=O)sc2c1. The molecule has 0 spiro atoms. The fourth-order valence-corrected chi connectivity index (χ4v) is 4.81. The minimum Gasteiger partial charge on any atom is -0.443 e. The van der Waals surface area contributed by atoms with E-state index in [2.05, 4.69) is 38.8 Å². The zero-order valence-electron chi connectivity index (χ0n) is 19.6. The molecule has 0 N–H and O–H groups in total. The topological polar surface area (TPSA) is 68.7 Å². The summed E-state index contributed by atoms with van der Waals surface area (Å²) in [6.45, 7) is 15.0. The van der Waals surface area contributed by atoms with E-state index in [4.69, 9.17) is 9.16 Å². The van der Waals surface area contributed by atoms with Crippen molar-refractivity contribution in [1.82, 2.24) is 4.98 Å². The van der Waals surface area contributed by atoms with E-state index in [1.54, 1.807) is 39.0 Å². The van der Waals surface area contributed by atoms with E-state index in [9.17, 15) is 14.0 Å².